The third-order valence-electron chi connectivity index (χ3n) is 5.38. The molecule has 2 nitrogen and oxygen atoms in total. The highest BCUT2D eigenvalue weighted by molar-refractivity contribution is 6.30. The van der Waals surface area contributed by atoms with Gasteiger partial charge in [0.05, 0.1) is 11.5 Å². The van der Waals surface area contributed by atoms with E-state index in [2.05, 4.69) is 62.1 Å². The van der Waals surface area contributed by atoms with Gasteiger partial charge in [-0.05, 0) is 61.5 Å². The van der Waals surface area contributed by atoms with Gasteiger partial charge in [0.1, 0.15) is 0 Å². The van der Waals surface area contributed by atoms with Crippen LogP contribution in [0.15, 0.2) is 54.6 Å². The van der Waals surface area contributed by atoms with Gasteiger partial charge in [-0.25, -0.2) is 0 Å². The molecule has 2 rings (SSSR count). The van der Waals surface area contributed by atoms with Gasteiger partial charge < -0.3 is 0 Å². The Hall–Kier alpha value is -1.82. The van der Waals surface area contributed by atoms with E-state index in [4.69, 9.17) is 11.6 Å². The van der Waals surface area contributed by atoms with Crippen molar-refractivity contribution in [2.24, 2.45) is 5.92 Å². The summed E-state index contributed by atoms with van der Waals surface area (Å²) in [5.41, 5.74) is 1.96. The molecule has 27 heavy (non-hydrogen) atoms. The Balaban J connectivity index is 2.07. The van der Waals surface area contributed by atoms with E-state index in [0.29, 0.717) is 5.02 Å². The minimum absolute atomic E-state index is 0.248. The maximum Gasteiger partial charge on any atom is 0.0845 e. The summed E-state index contributed by atoms with van der Waals surface area (Å²) in [5.74, 6) is 0.248. The van der Waals surface area contributed by atoms with Gasteiger partial charge in [0.15, 0.2) is 0 Å². The van der Waals surface area contributed by atoms with Gasteiger partial charge in [-0.2, -0.15) is 5.26 Å². The zero-order valence-electron chi connectivity index (χ0n) is 16.8. The molecule has 0 saturated heterocycles. The molecular formula is C24H31ClN2. The molecule has 144 valence electrons. The number of halogens is 1. The van der Waals surface area contributed by atoms with E-state index in [9.17, 15) is 5.26 Å². The average Bonchev–Trinajstić information content (AvgIpc) is 2.67. The van der Waals surface area contributed by atoms with Crippen molar-refractivity contribution in [3.8, 4) is 6.07 Å². The summed E-state index contributed by atoms with van der Waals surface area (Å²) in [7, 11) is 0. The number of nitriles is 1. The van der Waals surface area contributed by atoms with Crippen molar-refractivity contribution in [2.45, 2.75) is 52.0 Å². The summed E-state index contributed by atoms with van der Waals surface area (Å²) in [4.78, 5) is 2.50. The summed E-state index contributed by atoms with van der Waals surface area (Å²) in [6.45, 7) is 9.57. The Morgan fingerprint density at radius 3 is 2.26 bits per heavy atom. The zero-order valence-corrected chi connectivity index (χ0v) is 17.5. The van der Waals surface area contributed by atoms with Crippen LogP contribution in [0.5, 0.6) is 0 Å². The lowest BCUT2D eigenvalue weighted by atomic mass is 9.70. The first-order valence-electron chi connectivity index (χ1n) is 9.95. The van der Waals surface area contributed by atoms with E-state index >= 15 is 0 Å². The smallest absolute Gasteiger partial charge is 0.0845 e. The molecule has 1 unspecified atom stereocenters. The van der Waals surface area contributed by atoms with Crippen molar-refractivity contribution in [3.63, 3.8) is 0 Å². The Morgan fingerprint density at radius 1 is 1.04 bits per heavy atom. The zero-order chi connectivity index (χ0) is 19.7. The fourth-order valence-electron chi connectivity index (χ4n) is 3.77. The first-order valence-corrected chi connectivity index (χ1v) is 10.3. The van der Waals surface area contributed by atoms with Crippen LogP contribution in [0.25, 0.3) is 0 Å². The monoisotopic (exact) mass is 382 g/mol. The molecule has 0 amide bonds. The van der Waals surface area contributed by atoms with Gasteiger partial charge in [0.25, 0.3) is 0 Å². The summed E-state index contributed by atoms with van der Waals surface area (Å²) in [6.07, 6.45) is 3.00. The molecule has 0 aliphatic carbocycles. The minimum Gasteiger partial charge on any atom is -0.299 e. The highest BCUT2D eigenvalue weighted by atomic mass is 35.5. The number of nitrogens with zero attached hydrogens (tertiary/aromatic N) is 2. The molecule has 0 N–H and O–H groups in total. The molecule has 3 heteroatoms. The molecule has 2 aromatic rings. The Morgan fingerprint density at radius 2 is 1.70 bits per heavy atom. The highest BCUT2D eigenvalue weighted by Crippen LogP contribution is 2.37. The van der Waals surface area contributed by atoms with Crippen LogP contribution in [0, 0.1) is 17.2 Å². The summed E-state index contributed by atoms with van der Waals surface area (Å²) >= 11 is 6.05. The predicted octanol–water partition coefficient (Wildman–Crippen LogP) is 6.45. The Kier molecular flexibility index (Phi) is 8.35. The normalized spacial score (nSPS) is 13.5. The number of hydrogen-bond donors (Lipinski definition) is 0. The lowest BCUT2D eigenvalue weighted by Gasteiger charge is -2.32. The van der Waals surface area contributed by atoms with E-state index in [-0.39, 0.29) is 5.92 Å². The molecule has 0 bridgehead atoms. The molecule has 0 radical (unpaired) electrons. The Labute approximate surface area is 169 Å². The Bertz CT molecular complexity index is 718. The average molecular weight is 383 g/mol. The van der Waals surface area contributed by atoms with E-state index < -0.39 is 5.41 Å². The van der Waals surface area contributed by atoms with Crippen molar-refractivity contribution >= 4 is 11.6 Å². The van der Waals surface area contributed by atoms with E-state index in [1.54, 1.807) is 0 Å². The molecule has 0 fully saturated rings. The maximum absolute atomic E-state index is 10.1. The van der Waals surface area contributed by atoms with E-state index in [1.807, 2.05) is 24.3 Å². The lowest BCUT2D eigenvalue weighted by Crippen LogP contribution is -2.33. The van der Waals surface area contributed by atoms with Crippen LogP contribution < -0.4 is 0 Å². The molecule has 1 atom stereocenters. The fraction of sp³-hybridized carbons (Fsp3) is 0.458. The number of hydrogen-bond acceptors (Lipinski definition) is 2. The van der Waals surface area contributed by atoms with Gasteiger partial charge in [-0.3, -0.25) is 4.90 Å². The standard InChI is InChI=1S/C24H31ClN2/c1-4-16-27(18-21-9-6-5-7-10-21)17-8-15-24(19-26,20(2)3)22-11-13-23(25)14-12-22/h5-7,9-14,20H,4,8,15-18H2,1-3H3. The van der Waals surface area contributed by atoms with E-state index in [0.717, 1.165) is 44.5 Å². The molecular weight excluding hydrogens is 352 g/mol. The highest BCUT2D eigenvalue weighted by Gasteiger charge is 2.35. The largest absolute Gasteiger partial charge is 0.299 e. The number of rotatable bonds is 10. The van der Waals surface area contributed by atoms with Gasteiger partial charge in [-0.15, -0.1) is 0 Å². The van der Waals surface area contributed by atoms with Crippen LogP contribution in [-0.2, 0) is 12.0 Å². The van der Waals surface area contributed by atoms with Gasteiger partial charge >= 0.3 is 0 Å². The molecule has 0 aliphatic rings. The minimum atomic E-state index is -0.463. The van der Waals surface area contributed by atoms with Crippen LogP contribution in [-0.4, -0.2) is 18.0 Å². The molecule has 0 heterocycles. The lowest BCUT2D eigenvalue weighted by molar-refractivity contribution is 0.244. The van der Waals surface area contributed by atoms with Crippen LogP contribution in [0.2, 0.25) is 5.02 Å². The molecule has 0 saturated carbocycles. The van der Waals surface area contributed by atoms with Crippen LogP contribution >= 0.6 is 11.6 Å². The van der Waals surface area contributed by atoms with Crippen molar-refractivity contribution in [2.75, 3.05) is 13.1 Å². The first-order chi connectivity index (χ1) is 13.0. The molecule has 0 aliphatic heterocycles. The molecule has 0 spiro atoms. The van der Waals surface area contributed by atoms with Gasteiger partial charge in [0.2, 0.25) is 0 Å². The third kappa shape index (κ3) is 5.83. The van der Waals surface area contributed by atoms with Gasteiger partial charge in [0, 0.05) is 11.6 Å². The second-order valence-corrected chi connectivity index (χ2v) is 8.05. The second-order valence-electron chi connectivity index (χ2n) is 7.61. The van der Waals surface area contributed by atoms with Crippen LogP contribution in [0.3, 0.4) is 0 Å². The topological polar surface area (TPSA) is 27.0 Å². The predicted molar refractivity (Wildman–Crippen MR) is 115 cm³/mol. The van der Waals surface area contributed by atoms with Crippen LogP contribution in [0.1, 0.15) is 51.2 Å². The van der Waals surface area contributed by atoms with Crippen molar-refractivity contribution in [1.82, 2.24) is 4.90 Å². The summed E-state index contributed by atoms with van der Waals surface area (Å²) in [6, 6.07) is 21.1. The quantitative estimate of drug-likeness (QED) is 0.472. The summed E-state index contributed by atoms with van der Waals surface area (Å²) in [5, 5.41) is 10.8. The maximum atomic E-state index is 10.1. The van der Waals surface area contributed by atoms with Crippen molar-refractivity contribution < 1.29 is 0 Å². The van der Waals surface area contributed by atoms with Crippen molar-refractivity contribution in [1.29, 1.82) is 5.26 Å². The summed E-state index contributed by atoms with van der Waals surface area (Å²) < 4.78 is 0. The fourth-order valence-corrected chi connectivity index (χ4v) is 3.90. The SMILES string of the molecule is CCCN(CCCC(C#N)(c1ccc(Cl)cc1)C(C)C)Cc1ccccc1. The molecule has 0 aromatic heterocycles. The third-order valence-corrected chi connectivity index (χ3v) is 5.63. The first kappa shape index (κ1) is 21.5. The van der Waals surface area contributed by atoms with Crippen LogP contribution in [0.4, 0.5) is 0 Å². The second kappa shape index (κ2) is 10.5. The molecule has 2 aromatic carbocycles. The number of benzene rings is 2. The van der Waals surface area contributed by atoms with Gasteiger partial charge in [-0.1, -0.05) is 74.8 Å². The van der Waals surface area contributed by atoms with Crippen molar-refractivity contribution in [3.05, 3.63) is 70.7 Å². The van der Waals surface area contributed by atoms with E-state index in [1.165, 1.54) is 5.56 Å².